The lowest BCUT2D eigenvalue weighted by molar-refractivity contribution is -0.128. The Bertz CT molecular complexity index is 274. The molecule has 0 aromatic rings. The van der Waals surface area contributed by atoms with Crippen molar-refractivity contribution in [2.24, 2.45) is 17.8 Å². The maximum atomic E-state index is 12.3. The van der Waals surface area contributed by atoms with E-state index in [0.717, 1.165) is 37.8 Å². The summed E-state index contributed by atoms with van der Waals surface area (Å²) in [6, 6.07) is 0.488. The molecular weight excluding hydrogens is 212 g/mol. The topological polar surface area (TPSA) is 41.1 Å². The van der Waals surface area contributed by atoms with E-state index in [4.69, 9.17) is 0 Å². The molecule has 0 aromatic heterocycles. The summed E-state index contributed by atoms with van der Waals surface area (Å²) in [5.41, 5.74) is 0. The second kappa shape index (κ2) is 4.97. The molecule has 3 aliphatic rings. The SMILES string of the molecule is O=C(NC1CCCC1)C1CC2CNCC(C2)C1. The molecule has 3 nitrogen and oxygen atoms in total. The molecular formula is C14H24N2O. The molecule has 1 saturated heterocycles. The quantitative estimate of drug-likeness (QED) is 0.766. The van der Waals surface area contributed by atoms with Crippen LogP contribution in [-0.2, 0) is 4.79 Å². The highest BCUT2D eigenvalue weighted by Crippen LogP contribution is 2.35. The number of carbonyl (C=O) groups excluding carboxylic acids is 1. The zero-order chi connectivity index (χ0) is 11.7. The summed E-state index contributed by atoms with van der Waals surface area (Å²) in [6.07, 6.45) is 8.57. The van der Waals surface area contributed by atoms with E-state index in [1.807, 2.05) is 0 Å². The van der Waals surface area contributed by atoms with Crippen LogP contribution in [0.4, 0.5) is 0 Å². The lowest BCUT2D eigenvalue weighted by atomic mass is 9.72. The second-order valence-electron chi connectivity index (χ2n) is 6.28. The zero-order valence-electron chi connectivity index (χ0n) is 10.6. The number of carbonyl (C=O) groups is 1. The van der Waals surface area contributed by atoms with Crippen LogP contribution in [0.1, 0.15) is 44.9 Å². The Morgan fingerprint density at radius 3 is 2.29 bits per heavy atom. The Balaban J connectivity index is 1.54. The first kappa shape index (κ1) is 11.5. The molecule has 0 aromatic carbocycles. The fourth-order valence-corrected chi connectivity index (χ4v) is 3.99. The smallest absolute Gasteiger partial charge is 0.223 e. The monoisotopic (exact) mass is 236 g/mol. The van der Waals surface area contributed by atoms with Crippen LogP contribution < -0.4 is 10.6 Å². The molecule has 3 heteroatoms. The number of hydrogen-bond donors (Lipinski definition) is 2. The Morgan fingerprint density at radius 1 is 1.00 bits per heavy atom. The minimum Gasteiger partial charge on any atom is -0.353 e. The minimum atomic E-state index is 0.307. The average molecular weight is 236 g/mol. The molecule has 1 amide bonds. The van der Waals surface area contributed by atoms with Crippen molar-refractivity contribution >= 4 is 5.91 Å². The van der Waals surface area contributed by atoms with Crippen molar-refractivity contribution in [3.63, 3.8) is 0 Å². The molecule has 2 aliphatic carbocycles. The predicted octanol–water partition coefficient (Wildman–Crippen LogP) is 1.68. The summed E-state index contributed by atoms with van der Waals surface area (Å²) in [5.74, 6) is 2.17. The second-order valence-corrected chi connectivity index (χ2v) is 6.28. The number of piperidine rings is 1. The van der Waals surface area contributed by atoms with Crippen LogP contribution in [0, 0.1) is 17.8 Å². The first-order valence-electron chi connectivity index (χ1n) is 7.32. The molecule has 3 fully saturated rings. The van der Waals surface area contributed by atoms with E-state index < -0.39 is 0 Å². The molecule has 2 bridgehead atoms. The van der Waals surface area contributed by atoms with Crippen LogP contribution in [0.3, 0.4) is 0 Å². The maximum absolute atomic E-state index is 12.3. The minimum absolute atomic E-state index is 0.307. The van der Waals surface area contributed by atoms with Gasteiger partial charge in [-0.05, 0) is 57.0 Å². The molecule has 2 N–H and O–H groups in total. The first-order valence-corrected chi connectivity index (χ1v) is 7.32. The molecule has 1 heterocycles. The third-order valence-corrected chi connectivity index (χ3v) is 4.84. The third-order valence-electron chi connectivity index (χ3n) is 4.84. The lowest BCUT2D eigenvalue weighted by Gasteiger charge is -2.39. The predicted molar refractivity (Wildman–Crippen MR) is 67.6 cm³/mol. The molecule has 17 heavy (non-hydrogen) atoms. The Labute approximate surface area is 104 Å². The van der Waals surface area contributed by atoms with Gasteiger partial charge in [0.2, 0.25) is 5.91 Å². The normalized spacial score (nSPS) is 38.0. The van der Waals surface area contributed by atoms with Crippen LogP contribution in [0.15, 0.2) is 0 Å². The van der Waals surface area contributed by atoms with Gasteiger partial charge in [-0.1, -0.05) is 12.8 Å². The summed E-state index contributed by atoms with van der Waals surface area (Å²) < 4.78 is 0. The molecule has 0 spiro atoms. The van der Waals surface area contributed by atoms with Crippen LogP contribution in [0.25, 0.3) is 0 Å². The van der Waals surface area contributed by atoms with Crippen LogP contribution >= 0.6 is 0 Å². The summed E-state index contributed by atoms with van der Waals surface area (Å²) >= 11 is 0. The van der Waals surface area contributed by atoms with E-state index in [9.17, 15) is 4.79 Å². The van der Waals surface area contributed by atoms with Crippen molar-refractivity contribution in [2.75, 3.05) is 13.1 Å². The summed E-state index contributed by atoms with van der Waals surface area (Å²) in [5, 5.41) is 6.77. The number of fused-ring (bicyclic) bond motifs is 2. The highest BCUT2D eigenvalue weighted by atomic mass is 16.1. The molecule has 2 unspecified atom stereocenters. The van der Waals surface area contributed by atoms with E-state index in [-0.39, 0.29) is 0 Å². The van der Waals surface area contributed by atoms with Gasteiger partial charge in [-0.15, -0.1) is 0 Å². The van der Waals surface area contributed by atoms with Crippen molar-refractivity contribution in [3.05, 3.63) is 0 Å². The number of rotatable bonds is 2. The largest absolute Gasteiger partial charge is 0.353 e. The number of hydrogen-bond acceptors (Lipinski definition) is 2. The molecule has 2 atom stereocenters. The van der Waals surface area contributed by atoms with Gasteiger partial charge in [0, 0.05) is 12.0 Å². The average Bonchev–Trinajstić information content (AvgIpc) is 2.81. The van der Waals surface area contributed by atoms with Crippen molar-refractivity contribution in [2.45, 2.75) is 51.0 Å². The summed E-state index contributed by atoms with van der Waals surface area (Å²) in [6.45, 7) is 2.26. The lowest BCUT2D eigenvalue weighted by Crippen LogP contribution is -2.46. The highest BCUT2D eigenvalue weighted by Gasteiger charge is 2.35. The summed E-state index contributed by atoms with van der Waals surface area (Å²) in [7, 11) is 0. The van der Waals surface area contributed by atoms with Gasteiger partial charge < -0.3 is 10.6 Å². The fourth-order valence-electron chi connectivity index (χ4n) is 3.99. The highest BCUT2D eigenvalue weighted by molar-refractivity contribution is 5.79. The van der Waals surface area contributed by atoms with Crippen molar-refractivity contribution in [3.8, 4) is 0 Å². The molecule has 3 rings (SSSR count). The van der Waals surface area contributed by atoms with Gasteiger partial charge in [0.05, 0.1) is 0 Å². The van der Waals surface area contributed by atoms with E-state index in [0.29, 0.717) is 17.9 Å². The van der Waals surface area contributed by atoms with Crippen molar-refractivity contribution in [1.29, 1.82) is 0 Å². The number of amides is 1. The standard InChI is InChI=1S/C14H24N2O/c17-14(16-13-3-1-2-4-13)12-6-10-5-11(7-12)9-15-8-10/h10-13,15H,1-9H2,(H,16,17). The molecule has 96 valence electrons. The van der Waals surface area contributed by atoms with Crippen molar-refractivity contribution in [1.82, 2.24) is 10.6 Å². The van der Waals surface area contributed by atoms with Crippen LogP contribution in [0.5, 0.6) is 0 Å². The molecule has 0 radical (unpaired) electrons. The van der Waals surface area contributed by atoms with Crippen LogP contribution in [-0.4, -0.2) is 25.0 Å². The van der Waals surface area contributed by atoms with Gasteiger partial charge in [0.1, 0.15) is 0 Å². The zero-order valence-corrected chi connectivity index (χ0v) is 10.6. The van der Waals surface area contributed by atoms with E-state index in [2.05, 4.69) is 10.6 Å². The third kappa shape index (κ3) is 2.65. The fraction of sp³-hybridized carbons (Fsp3) is 0.929. The molecule has 1 aliphatic heterocycles. The van der Waals surface area contributed by atoms with Gasteiger partial charge in [0.15, 0.2) is 0 Å². The number of nitrogens with one attached hydrogen (secondary N) is 2. The maximum Gasteiger partial charge on any atom is 0.223 e. The van der Waals surface area contributed by atoms with E-state index >= 15 is 0 Å². The van der Waals surface area contributed by atoms with Gasteiger partial charge in [0.25, 0.3) is 0 Å². The summed E-state index contributed by atoms with van der Waals surface area (Å²) in [4.78, 5) is 12.3. The van der Waals surface area contributed by atoms with Gasteiger partial charge >= 0.3 is 0 Å². The Kier molecular flexibility index (Phi) is 3.37. The van der Waals surface area contributed by atoms with Gasteiger partial charge in [-0.25, -0.2) is 0 Å². The Morgan fingerprint density at radius 2 is 1.65 bits per heavy atom. The molecule has 2 saturated carbocycles. The van der Waals surface area contributed by atoms with E-state index in [1.54, 1.807) is 0 Å². The van der Waals surface area contributed by atoms with Gasteiger partial charge in [-0.2, -0.15) is 0 Å². The van der Waals surface area contributed by atoms with E-state index in [1.165, 1.54) is 32.1 Å². The Hall–Kier alpha value is -0.570. The van der Waals surface area contributed by atoms with Crippen molar-refractivity contribution < 1.29 is 4.79 Å². The first-order chi connectivity index (χ1) is 8.31. The van der Waals surface area contributed by atoms with Crippen LogP contribution in [0.2, 0.25) is 0 Å². The van der Waals surface area contributed by atoms with Gasteiger partial charge in [-0.3, -0.25) is 4.79 Å².